The molecule has 1 unspecified atom stereocenters. The van der Waals surface area contributed by atoms with Crippen LogP contribution in [0.2, 0.25) is 0 Å². The van der Waals surface area contributed by atoms with Crippen molar-refractivity contribution in [3.05, 3.63) is 41.0 Å². The molecule has 17 heavy (non-hydrogen) atoms. The molecule has 0 aliphatic carbocycles. The molecule has 0 N–H and O–H groups in total. The van der Waals surface area contributed by atoms with Crippen molar-refractivity contribution in [3.63, 3.8) is 0 Å². The van der Waals surface area contributed by atoms with E-state index in [9.17, 15) is 0 Å². The third-order valence-corrected chi connectivity index (χ3v) is 3.42. The highest BCUT2D eigenvalue weighted by molar-refractivity contribution is 5.49. The Balaban J connectivity index is 3.24. The Kier molecular flexibility index (Phi) is 4.80. The molecule has 0 heterocycles. The molecule has 0 saturated heterocycles. The second kappa shape index (κ2) is 5.90. The molecule has 1 aromatic carbocycles. The first-order valence-electron chi connectivity index (χ1n) is 6.37. The molecule has 0 bridgehead atoms. The fourth-order valence-corrected chi connectivity index (χ4v) is 2.50. The maximum Gasteiger partial charge on any atom is 0.122 e. The summed E-state index contributed by atoms with van der Waals surface area (Å²) >= 11 is 0. The van der Waals surface area contributed by atoms with Crippen LogP contribution >= 0.6 is 0 Å². The van der Waals surface area contributed by atoms with E-state index < -0.39 is 0 Å². The second-order valence-corrected chi connectivity index (χ2v) is 4.71. The zero-order chi connectivity index (χ0) is 13.0. The molecule has 0 aliphatic rings. The summed E-state index contributed by atoms with van der Waals surface area (Å²) in [5, 5.41) is 0. The van der Waals surface area contributed by atoms with Crippen molar-refractivity contribution in [1.82, 2.24) is 0 Å². The zero-order valence-corrected chi connectivity index (χ0v) is 11.8. The maximum absolute atomic E-state index is 5.67. The third kappa shape index (κ3) is 2.91. The lowest BCUT2D eigenvalue weighted by molar-refractivity contribution is 0.337. The molecule has 1 atom stereocenters. The Morgan fingerprint density at radius 1 is 1.29 bits per heavy atom. The largest absolute Gasteiger partial charge is 0.494 e. The van der Waals surface area contributed by atoms with Crippen LogP contribution < -0.4 is 4.74 Å². The monoisotopic (exact) mass is 232 g/mol. The molecule has 0 aliphatic heterocycles. The summed E-state index contributed by atoms with van der Waals surface area (Å²) in [5.74, 6) is 1.55. The SMILES string of the molecule is C=CCC(C)c1c(C)cc(OCC)c(C)c1C. The molecular weight excluding hydrogens is 208 g/mol. The normalized spacial score (nSPS) is 12.3. The topological polar surface area (TPSA) is 9.23 Å². The molecule has 0 spiro atoms. The Labute approximate surface area is 106 Å². The smallest absolute Gasteiger partial charge is 0.122 e. The van der Waals surface area contributed by atoms with Crippen LogP contribution in [0.1, 0.15) is 48.4 Å². The number of hydrogen-bond acceptors (Lipinski definition) is 1. The van der Waals surface area contributed by atoms with Gasteiger partial charge in [0.05, 0.1) is 6.61 Å². The van der Waals surface area contributed by atoms with Crippen LogP contribution in [0.3, 0.4) is 0 Å². The van der Waals surface area contributed by atoms with Crippen molar-refractivity contribution in [2.75, 3.05) is 6.61 Å². The highest BCUT2D eigenvalue weighted by atomic mass is 16.5. The molecule has 0 aromatic heterocycles. The van der Waals surface area contributed by atoms with E-state index in [1.165, 1.54) is 22.3 Å². The average molecular weight is 232 g/mol. The van der Waals surface area contributed by atoms with Crippen LogP contribution in [0.5, 0.6) is 5.75 Å². The fourth-order valence-electron chi connectivity index (χ4n) is 2.50. The van der Waals surface area contributed by atoms with Gasteiger partial charge in [0.1, 0.15) is 5.75 Å². The fraction of sp³-hybridized carbons (Fsp3) is 0.500. The number of rotatable bonds is 5. The molecule has 1 rings (SSSR count). The number of benzene rings is 1. The molecule has 0 fully saturated rings. The lowest BCUT2D eigenvalue weighted by atomic mass is 9.87. The Morgan fingerprint density at radius 3 is 2.47 bits per heavy atom. The van der Waals surface area contributed by atoms with Gasteiger partial charge in [0, 0.05) is 0 Å². The van der Waals surface area contributed by atoms with Gasteiger partial charge >= 0.3 is 0 Å². The quantitative estimate of drug-likeness (QED) is 0.669. The van der Waals surface area contributed by atoms with Crippen molar-refractivity contribution in [2.24, 2.45) is 0 Å². The summed E-state index contributed by atoms with van der Waals surface area (Å²) in [6, 6.07) is 2.17. The minimum Gasteiger partial charge on any atom is -0.494 e. The predicted molar refractivity (Wildman–Crippen MR) is 75.1 cm³/mol. The van der Waals surface area contributed by atoms with Gasteiger partial charge in [-0.2, -0.15) is 0 Å². The van der Waals surface area contributed by atoms with E-state index in [1.54, 1.807) is 0 Å². The van der Waals surface area contributed by atoms with Gasteiger partial charge in [-0.05, 0) is 68.4 Å². The van der Waals surface area contributed by atoms with E-state index in [2.05, 4.69) is 40.3 Å². The van der Waals surface area contributed by atoms with E-state index in [4.69, 9.17) is 4.74 Å². The van der Waals surface area contributed by atoms with E-state index >= 15 is 0 Å². The van der Waals surface area contributed by atoms with Gasteiger partial charge in [-0.1, -0.05) is 13.0 Å². The van der Waals surface area contributed by atoms with E-state index in [-0.39, 0.29) is 0 Å². The van der Waals surface area contributed by atoms with Crippen LogP contribution in [0, 0.1) is 20.8 Å². The van der Waals surface area contributed by atoms with Crippen molar-refractivity contribution in [2.45, 2.75) is 47.0 Å². The summed E-state index contributed by atoms with van der Waals surface area (Å²) in [6.45, 7) is 15.3. The maximum atomic E-state index is 5.67. The van der Waals surface area contributed by atoms with Crippen LogP contribution in [-0.4, -0.2) is 6.61 Å². The van der Waals surface area contributed by atoms with Crippen molar-refractivity contribution in [1.29, 1.82) is 0 Å². The van der Waals surface area contributed by atoms with Gasteiger partial charge in [0.25, 0.3) is 0 Å². The number of hydrogen-bond donors (Lipinski definition) is 0. The van der Waals surface area contributed by atoms with Gasteiger partial charge in [0.2, 0.25) is 0 Å². The first kappa shape index (κ1) is 13.8. The molecule has 0 saturated carbocycles. The Bertz CT molecular complexity index is 404. The van der Waals surface area contributed by atoms with E-state index in [0.29, 0.717) is 5.92 Å². The summed E-state index contributed by atoms with van der Waals surface area (Å²) in [5.41, 5.74) is 5.41. The number of allylic oxidation sites excluding steroid dienone is 1. The highest BCUT2D eigenvalue weighted by Crippen LogP contribution is 2.33. The summed E-state index contributed by atoms with van der Waals surface area (Å²) in [4.78, 5) is 0. The second-order valence-electron chi connectivity index (χ2n) is 4.71. The summed E-state index contributed by atoms with van der Waals surface area (Å²) < 4.78 is 5.67. The van der Waals surface area contributed by atoms with Crippen LogP contribution in [0.4, 0.5) is 0 Å². The van der Waals surface area contributed by atoms with Gasteiger partial charge in [-0.15, -0.1) is 6.58 Å². The lowest BCUT2D eigenvalue weighted by Gasteiger charge is -2.20. The van der Waals surface area contributed by atoms with Crippen molar-refractivity contribution < 1.29 is 4.74 Å². The van der Waals surface area contributed by atoms with Gasteiger partial charge in [0.15, 0.2) is 0 Å². The summed E-state index contributed by atoms with van der Waals surface area (Å²) in [7, 11) is 0. The number of aryl methyl sites for hydroxylation is 1. The molecule has 94 valence electrons. The van der Waals surface area contributed by atoms with E-state index in [1.807, 2.05) is 13.0 Å². The van der Waals surface area contributed by atoms with Crippen LogP contribution in [0.25, 0.3) is 0 Å². The Morgan fingerprint density at radius 2 is 1.94 bits per heavy atom. The van der Waals surface area contributed by atoms with E-state index in [0.717, 1.165) is 18.8 Å². The van der Waals surface area contributed by atoms with Gasteiger partial charge in [-0.3, -0.25) is 0 Å². The van der Waals surface area contributed by atoms with Crippen LogP contribution in [-0.2, 0) is 0 Å². The molecule has 0 radical (unpaired) electrons. The zero-order valence-electron chi connectivity index (χ0n) is 11.8. The molecule has 0 amide bonds. The molecular formula is C16H24O. The number of ether oxygens (including phenoxy) is 1. The van der Waals surface area contributed by atoms with Gasteiger partial charge < -0.3 is 4.74 Å². The first-order chi connectivity index (χ1) is 8.02. The van der Waals surface area contributed by atoms with Gasteiger partial charge in [-0.25, -0.2) is 0 Å². The predicted octanol–water partition coefficient (Wildman–Crippen LogP) is 4.69. The summed E-state index contributed by atoms with van der Waals surface area (Å²) in [6.07, 6.45) is 3.02. The lowest BCUT2D eigenvalue weighted by Crippen LogP contribution is -2.04. The third-order valence-electron chi connectivity index (χ3n) is 3.42. The Hall–Kier alpha value is -1.24. The standard InChI is InChI=1S/C16H24O/c1-7-9-11(3)16-12(4)10-15(17-8-2)13(5)14(16)6/h7,10-11H,1,8-9H2,2-6H3. The minimum absolute atomic E-state index is 0.530. The minimum atomic E-state index is 0.530. The highest BCUT2D eigenvalue weighted by Gasteiger charge is 2.15. The van der Waals surface area contributed by atoms with Crippen molar-refractivity contribution in [3.8, 4) is 5.75 Å². The molecule has 1 heteroatoms. The average Bonchev–Trinajstić information content (AvgIpc) is 2.26. The van der Waals surface area contributed by atoms with Crippen LogP contribution in [0.15, 0.2) is 18.7 Å². The van der Waals surface area contributed by atoms with Crippen molar-refractivity contribution >= 4 is 0 Å². The molecule has 1 aromatic rings. The molecule has 1 nitrogen and oxygen atoms in total. The first-order valence-corrected chi connectivity index (χ1v) is 6.37.